The summed E-state index contributed by atoms with van der Waals surface area (Å²) < 4.78 is 10.7. The van der Waals surface area contributed by atoms with Crippen LogP contribution in [0.4, 0.5) is 4.79 Å². The molecule has 1 saturated heterocycles. The number of carbonyl (C=O) groups excluding carboxylic acids is 1. The smallest absolute Gasteiger partial charge is 0.410 e. The minimum absolute atomic E-state index is 0.176. The van der Waals surface area contributed by atoms with Crippen molar-refractivity contribution in [3.05, 3.63) is 0 Å². The lowest BCUT2D eigenvalue weighted by atomic mass is 10.2. The van der Waals surface area contributed by atoms with Gasteiger partial charge in [0.05, 0.1) is 25.8 Å². The highest BCUT2D eigenvalue weighted by atomic mass is 79.9. The maximum absolute atomic E-state index is 11.5. The van der Waals surface area contributed by atoms with E-state index in [1.165, 1.54) is 0 Å². The maximum atomic E-state index is 11.5. The summed E-state index contributed by atoms with van der Waals surface area (Å²) in [6.07, 6.45) is -0.0729. The molecule has 0 radical (unpaired) electrons. The third-order valence-electron chi connectivity index (χ3n) is 1.93. The van der Waals surface area contributed by atoms with Crippen molar-refractivity contribution in [2.75, 3.05) is 25.0 Å². The quantitative estimate of drug-likeness (QED) is 0.742. The van der Waals surface area contributed by atoms with Crippen LogP contribution in [-0.4, -0.2) is 47.7 Å². The minimum Gasteiger partial charge on any atom is -0.444 e. The molecule has 0 bridgehead atoms. The molecule has 1 fully saturated rings. The van der Waals surface area contributed by atoms with Crippen molar-refractivity contribution >= 4 is 22.0 Å². The van der Waals surface area contributed by atoms with Crippen LogP contribution in [0.1, 0.15) is 20.8 Å². The number of likely N-dealkylation sites (tertiary alicyclic amines) is 1. The second-order valence-electron chi connectivity index (χ2n) is 4.57. The molecule has 1 amide bonds. The van der Waals surface area contributed by atoms with E-state index in [0.717, 1.165) is 5.33 Å². The molecular formula is C10H18BrNO3. The molecule has 1 aliphatic heterocycles. The lowest BCUT2D eigenvalue weighted by molar-refractivity contribution is -0.0588. The van der Waals surface area contributed by atoms with Gasteiger partial charge in [-0.25, -0.2) is 4.79 Å². The van der Waals surface area contributed by atoms with Crippen molar-refractivity contribution in [2.24, 2.45) is 0 Å². The number of carbonyl (C=O) groups is 1. The first kappa shape index (κ1) is 12.8. The third-order valence-corrected chi connectivity index (χ3v) is 2.25. The fourth-order valence-electron chi connectivity index (χ4n) is 1.23. The van der Waals surface area contributed by atoms with Crippen LogP contribution >= 0.6 is 15.9 Å². The number of hydrogen-bond donors (Lipinski definition) is 0. The fraction of sp³-hybridized carbons (Fsp3) is 0.900. The standard InChI is InChI=1S/C10H18BrNO3/c1-10(2,3)15-9(13)12-6-8(7-12)14-5-4-11/h8H,4-7H2,1-3H3. The molecule has 0 saturated carbocycles. The largest absolute Gasteiger partial charge is 0.444 e. The summed E-state index contributed by atoms with van der Waals surface area (Å²) in [5.74, 6) is 0. The number of halogens is 1. The van der Waals surface area contributed by atoms with Gasteiger partial charge >= 0.3 is 6.09 Å². The molecule has 0 aromatic heterocycles. The molecule has 0 aliphatic carbocycles. The topological polar surface area (TPSA) is 38.8 Å². The number of amides is 1. The SMILES string of the molecule is CC(C)(C)OC(=O)N1CC(OCCBr)C1. The van der Waals surface area contributed by atoms with E-state index in [1.807, 2.05) is 20.8 Å². The van der Waals surface area contributed by atoms with Gasteiger partial charge in [-0.3, -0.25) is 0 Å². The minimum atomic E-state index is -0.418. The summed E-state index contributed by atoms with van der Waals surface area (Å²) in [7, 11) is 0. The lowest BCUT2D eigenvalue weighted by Gasteiger charge is -2.39. The molecule has 0 aromatic carbocycles. The normalized spacial score (nSPS) is 17.5. The Morgan fingerprint density at radius 1 is 1.47 bits per heavy atom. The number of nitrogens with zero attached hydrogens (tertiary/aromatic N) is 1. The lowest BCUT2D eigenvalue weighted by Crippen LogP contribution is -2.56. The summed E-state index contributed by atoms with van der Waals surface area (Å²) in [4.78, 5) is 13.2. The van der Waals surface area contributed by atoms with Crippen LogP contribution in [0.2, 0.25) is 0 Å². The van der Waals surface area contributed by atoms with Crippen molar-refractivity contribution in [3.8, 4) is 0 Å². The van der Waals surface area contributed by atoms with Crippen molar-refractivity contribution in [1.29, 1.82) is 0 Å². The molecule has 0 N–H and O–H groups in total. The van der Waals surface area contributed by atoms with Crippen LogP contribution in [0.15, 0.2) is 0 Å². The molecule has 1 aliphatic rings. The van der Waals surface area contributed by atoms with E-state index >= 15 is 0 Å². The Balaban J connectivity index is 2.18. The zero-order chi connectivity index (χ0) is 11.5. The Labute approximate surface area is 99.0 Å². The summed E-state index contributed by atoms with van der Waals surface area (Å²) in [5.41, 5.74) is -0.418. The van der Waals surface area contributed by atoms with Crippen LogP contribution in [-0.2, 0) is 9.47 Å². The zero-order valence-corrected chi connectivity index (χ0v) is 11.0. The molecule has 88 valence electrons. The number of ether oxygens (including phenoxy) is 2. The van der Waals surface area contributed by atoms with Crippen molar-refractivity contribution in [2.45, 2.75) is 32.5 Å². The zero-order valence-electron chi connectivity index (χ0n) is 9.46. The van der Waals surface area contributed by atoms with Gasteiger partial charge in [-0.2, -0.15) is 0 Å². The van der Waals surface area contributed by atoms with E-state index in [0.29, 0.717) is 19.7 Å². The van der Waals surface area contributed by atoms with Gasteiger partial charge in [0.2, 0.25) is 0 Å². The molecule has 0 unspecified atom stereocenters. The Hall–Kier alpha value is -0.290. The van der Waals surface area contributed by atoms with Crippen LogP contribution < -0.4 is 0 Å². The Bertz CT molecular complexity index is 221. The van der Waals surface area contributed by atoms with E-state index in [-0.39, 0.29) is 12.2 Å². The summed E-state index contributed by atoms with van der Waals surface area (Å²) >= 11 is 3.28. The van der Waals surface area contributed by atoms with Gasteiger partial charge in [0.15, 0.2) is 0 Å². The van der Waals surface area contributed by atoms with Gasteiger partial charge in [-0.05, 0) is 20.8 Å². The average Bonchev–Trinajstić information content (AvgIpc) is 1.98. The van der Waals surface area contributed by atoms with E-state index in [1.54, 1.807) is 4.90 Å². The Morgan fingerprint density at radius 3 is 2.53 bits per heavy atom. The van der Waals surface area contributed by atoms with Gasteiger partial charge in [-0.1, -0.05) is 15.9 Å². The Kier molecular flexibility index (Phi) is 4.40. The number of rotatable bonds is 3. The van der Waals surface area contributed by atoms with Crippen molar-refractivity contribution in [1.82, 2.24) is 4.90 Å². The predicted octanol–water partition coefficient (Wildman–Crippen LogP) is 2.02. The summed E-state index contributed by atoms with van der Waals surface area (Å²) in [6, 6.07) is 0. The van der Waals surface area contributed by atoms with Gasteiger partial charge in [-0.15, -0.1) is 0 Å². The number of alkyl halides is 1. The first-order chi connectivity index (χ1) is 6.92. The second kappa shape index (κ2) is 5.16. The van der Waals surface area contributed by atoms with Crippen LogP contribution in [0, 0.1) is 0 Å². The predicted molar refractivity (Wildman–Crippen MR) is 61.3 cm³/mol. The van der Waals surface area contributed by atoms with E-state index in [2.05, 4.69) is 15.9 Å². The molecule has 5 heteroatoms. The molecule has 1 rings (SSSR count). The third kappa shape index (κ3) is 4.38. The van der Waals surface area contributed by atoms with Gasteiger partial charge in [0.1, 0.15) is 5.60 Å². The van der Waals surface area contributed by atoms with E-state index < -0.39 is 5.60 Å². The van der Waals surface area contributed by atoms with Crippen molar-refractivity contribution < 1.29 is 14.3 Å². The average molecular weight is 280 g/mol. The molecule has 0 spiro atoms. The molecule has 0 atom stereocenters. The molecular weight excluding hydrogens is 262 g/mol. The maximum Gasteiger partial charge on any atom is 0.410 e. The van der Waals surface area contributed by atoms with Gasteiger partial charge < -0.3 is 14.4 Å². The summed E-state index contributed by atoms with van der Waals surface area (Å²) in [6.45, 7) is 7.56. The van der Waals surface area contributed by atoms with E-state index in [9.17, 15) is 4.79 Å². The molecule has 15 heavy (non-hydrogen) atoms. The number of hydrogen-bond acceptors (Lipinski definition) is 3. The Morgan fingerprint density at radius 2 is 2.07 bits per heavy atom. The fourth-order valence-corrected chi connectivity index (χ4v) is 1.42. The van der Waals surface area contributed by atoms with Gasteiger partial charge in [0.25, 0.3) is 0 Å². The van der Waals surface area contributed by atoms with Crippen LogP contribution in [0.5, 0.6) is 0 Å². The summed E-state index contributed by atoms with van der Waals surface area (Å²) in [5, 5.41) is 0.829. The van der Waals surface area contributed by atoms with Crippen LogP contribution in [0.3, 0.4) is 0 Å². The first-order valence-corrected chi connectivity index (χ1v) is 6.20. The highest BCUT2D eigenvalue weighted by Crippen LogP contribution is 2.16. The highest BCUT2D eigenvalue weighted by Gasteiger charge is 2.33. The van der Waals surface area contributed by atoms with E-state index in [4.69, 9.17) is 9.47 Å². The van der Waals surface area contributed by atoms with Crippen molar-refractivity contribution in [3.63, 3.8) is 0 Å². The van der Waals surface area contributed by atoms with Crippen LogP contribution in [0.25, 0.3) is 0 Å². The second-order valence-corrected chi connectivity index (χ2v) is 5.36. The molecule has 4 nitrogen and oxygen atoms in total. The first-order valence-electron chi connectivity index (χ1n) is 5.08. The molecule has 1 heterocycles. The highest BCUT2D eigenvalue weighted by molar-refractivity contribution is 9.09. The molecule has 0 aromatic rings. The monoisotopic (exact) mass is 279 g/mol. The van der Waals surface area contributed by atoms with Gasteiger partial charge in [0, 0.05) is 5.33 Å².